The van der Waals surface area contributed by atoms with Crippen LogP contribution < -0.4 is 0 Å². The molecule has 1 aliphatic heterocycles. The second kappa shape index (κ2) is 6.53. The fourth-order valence-corrected chi connectivity index (χ4v) is 5.96. The molecule has 0 radical (unpaired) electrons. The van der Waals surface area contributed by atoms with Gasteiger partial charge in [-0.05, 0) is 42.0 Å². The molecule has 1 saturated heterocycles. The van der Waals surface area contributed by atoms with Crippen molar-refractivity contribution in [3.05, 3.63) is 63.6 Å². The topological polar surface area (TPSA) is 37.4 Å². The van der Waals surface area contributed by atoms with Gasteiger partial charge in [-0.25, -0.2) is 8.42 Å². The van der Waals surface area contributed by atoms with E-state index in [9.17, 15) is 8.42 Å². The zero-order valence-corrected chi connectivity index (χ0v) is 15.4. The minimum absolute atomic E-state index is 0.203. The number of sulfonamides is 1. The Morgan fingerprint density at radius 3 is 2.36 bits per heavy atom. The van der Waals surface area contributed by atoms with E-state index in [1.54, 1.807) is 52.5 Å². The third kappa shape index (κ3) is 3.21. The summed E-state index contributed by atoms with van der Waals surface area (Å²) in [5.41, 5.74) is 0.951. The highest BCUT2D eigenvalue weighted by atomic mass is 79.9. The average Bonchev–Trinajstić information content (AvgIpc) is 2.99. The lowest BCUT2D eigenvalue weighted by Gasteiger charge is -2.23. The predicted octanol–water partition coefficient (Wildman–Crippen LogP) is 4.54. The van der Waals surface area contributed by atoms with Gasteiger partial charge in [-0.15, -0.1) is 11.8 Å². The molecular weight excluding hydrogens is 406 g/mol. The van der Waals surface area contributed by atoms with Crippen LogP contribution in [-0.2, 0) is 10.0 Å². The molecule has 116 valence electrons. The Hall–Kier alpha value is -0.530. The average molecular weight is 419 g/mol. The fraction of sp³-hybridized carbons (Fsp3) is 0.200. The summed E-state index contributed by atoms with van der Waals surface area (Å²) >= 11 is 10.9. The molecule has 22 heavy (non-hydrogen) atoms. The van der Waals surface area contributed by atoms with Gasteiger partial charge in [0.15, 0.2) is 0 Å². The van der Waals surface area contributed by atoms with E-state index in [0.717, 1.165) is 15.8 Å². The van der Waals surface area contributed by atoms with E-state index < -0.39 is 10.0 Å². The number of rotatable bonds is 3. The molecule has 0 saturated carbocycles. The standard InChI is InChI=1S/C15H13BrClNO2S2/c16-12-3-7-14(8-4-12)22(19,20)18-9-10-21-15(18)11-1-5-13(17)6-2-11/h1-8,15H,9-10H2/t15-/m0/s1. The van der Waals surface area contributed by atoms with Crippen LogP contribution in [0.4, 0.5) is 0 Å². The van der Waals surface area contributed by atoms with Crippen LogP contribution in [0.15, 0.2) is 57.9 Å². The summed E-state index contributed by atoms with van der Waals surface area (Å²) in [6.45, 7) is 0.510. The molecule has 0 amide bonds. The maximum absolute atomic E-state index is 12.9. The number of nitrogens with zero attached hydrogens (tertiary/aromatic N) is 1. The Balaban J connectivity index is 1.95. The minimum Gasteiger partial charge on any atom is -0.207 e. The molecule has 0 aliphatic carbocycles. The predicted molar refractivity (Wildman–Crippen MR) is 94.7 cm³/mol. The highest BCUT2D eigenvalue weighted by molar-refractivity contribution is 9.10. The third-order valence-electron chi connectivity index (χ3n) is 3.42. The first-order valence-corrected chi connectivity index (χ1v) is 10.3. The van der Waals surface area contributed by atoms with Crippen molar-refractivity contribution in [3.8, 4) is 0 Å². The molecule has 0 spiro atoms. The summed E-state index contributed by atoms with van der Waals surface area (Å²) in [7, 11) is -3.50. The van der Waals surface area contributed by atoms with Crippen molar-refractivity contribution in [2.75, 3.05) is 12.3 Å². The van der Waals surface area contributed by atoms with Crippen molar-refractivity contribution >= 4 is 49.3 Å². The number of halogens is 2. The fourth-order valence-electron chi connectivity index (χ4n) is 2.33. The van der Waals surface area contributed by atoms with Gasteiger partial charge < -0.3 is 0 Å². The SMILES string of the molecule is O=S(=O)(c1ccc(Br)cc1)N1CCS[C@H]1c1ccc(Cl)cc1. The first-order chi connectivity index (χ1) is 10.5. The highest BCUT2D eigenvalue weighted by Crippen LogP contribution is 2.41. The zero-order valence-electron chi connectivity index (χ0n) is 11.4. The largest absolute Gasteiger partial charge is 0.244 e. The molecule has 3 rings (SSSR count). The second-order valence-electron chi connectivity index (χ2n) is 4.84. The Kier molecular flexibility index (Phi) is 4.85. The van der Waals surface area contributed by atoms with Crippen LogP contribution in [0, 0.1) is 0 Å². The first kappa shape index (κ1) is 16.3. The van der Waals surface area contributed by atoms with Crippen molar-refractivity contribution in [1.82, 2.24) is 4.31 Å². The van der Waals surface area contributed by atoms with Crippen molar-refractivity contribution in [2.24, 2.45) is 0 Å². The van der Waals surface area contributed by atoms with Gasteiger partial charge in [0.25, 0.3) is 0 Å². The van der Waals surface area contributed by atoms with E-state index in [2.05, 4.69) is 15.9 Å². The quantitative estimate of drug-likeness (QED) is 0.734. The van der Waals surface area contributed by atoms with Crippen LogP contribution >= 0.6 is 39.3 Å². The monoisotopic (exact) mass is 417 g/mol. The van der Waals surface area contributed by atoms with Crippen molar-refractivity contribution in [2.45, 2.75) is 10.3 Å². The summed E-state index contributed by atoms with van der Waals surface area (Å²) in [6.07, 6.45) is 0. The summed E-state index contributed by atoms with van der Waals surface area (Å²) in [5, 5.41) is 0.444. The Morgan fingerprint density at radius 2 is 1.73 bits per heavy atom. The lowest BCUT2D eigenvalue weighted by Crippen LogP contribution is -2.30. The summed E-state index contributed by atoms with van der Waals surface area (Å²) in [4.78, 5) is 0.317. The molecular formula is C15H13BrClNO2S2. The molecule has 1 heterocycles. The maximum Gasteiger partial charge on any atom is 0.244 e. The summed E-state index contributed by atoms with van der Waals surface area (Å²) in [5.74, 6) is 0.781. The van der Waals surface area contributed by atoms with E-state index >= 15 is 0 Å². The third-order valence-corrected chi connectivity index (χ3v) is 7.48. The van der Waals surface area contributed by atoms with Gasteiger partial charge in [0.05, 0.1) is 10.3 Å². The van der Waals surface area contributed by atoms with Crippen molar-refractivity contribution in [3.63, 3.8) is 0 Å². The molecule has 0 aromatic heterocycles. The number of thioether (sulfide) groups is 1. The molecule has 0 unspecified atom stereocenters. The Morgan fingerprint density at radius 1 is 1.09 bits per heavy atom. The molecule has 2 aromatic rings. The lowest BCUT2D eigenvalue weighted by molar-refractivity contribution is 0.434. The lowest BCUT2D eigenvalue weighted by atomic mass is 10.2. The van der Waals surface area contributed by atoms with E-state index in [1.807, 2.05) is 12.1 Å². The zero-order chi connectivity index (χ0) is 15.7. The molecule has 1 fully saturated rings. The van der Waals surface area contributed by atoms with Crippen molar-refractivity contribution in [1.29, 1.82) is 0 Å². The van der Waals surface area contributed by atoms with Gasteiger partial charge in [0.1, 0.15) is 0 Å². The van der Waals surface area contributed by atoms with Crippen LogP contribution in [0.2, 0.25) is 5.02 Å². The maximum atomic E-state index is 12.9. The van der Waals surface area contributed by atoms with Crippen LogP contribution in [0.3, 0.4) is 0 Å². The smallest absolute Gasteiger partial charge is 0.207 e. The van der Waals surface area contributed by atoms with E-state index in [0.29, 0.717) is 16.5 Å². The van der Waals surface area contributed by atoms with Gasteiger partial charge in [0.2, 0.25) is 10.0 Å². The van der Waals surface area contributed by atoms with Crippen LogP contribution in [0.1, 0.15) is 10.9 Å². The van der Waals surface area contributed by atoms with Gasteiger partial charge in [-0.2, -0.15) is 4.31 Å². The first-order valence-electron chi connectivity index (χ1n) is 6.63. The van der Waals surface area contributed by atoms with E-state index in [4.69, 9.17) is 11.6 Å². The molecule has 0 N–H and O–H groups in total. The van der Waals surface area contributed by atoms with Crippen LogP contribution in [-0.4, -0.2) is 25.0 Å². The number of hydrogen-bond donors (Lipinski definition) is 0. The van der Waals surface area contributed by atoms with E-state index in [1.165, 1.54) is 0 Å². The molecule has 1 aliphatic rings. The Labute approximate surface area is 147 Å². The second-order valence-corrected chi connectivity index (χ2v) is 9.28. The summed E-state index contributed by atoms with van der Waals surface area (Å²) < 4.78 is 28.2. The Bertz CT molecular complexity index is 763. The molecule has 2 aromatic carbocycles. The van der Waals surface area contributed by atoms with Gasteiger partial charge in [-0.1, -0.05) is 39.7 Å². The van der Waals surface area contributed by atoms with Gasteiger partial charge >= 0.3 is 0 Å². The van der Waals surface area contributed by atoms with Gasteiger partial charge in [0, 0.05) is 21.8 Å². The highest BCUT2D eigenvalue weighted by Gasteiger charge is 2.36. The molecule has 0 bridgehead atoms. The minimum atomic E-state index is -3.50. The van der Waals surface area contributed by atoms with Crippen LogP contribution in [0.5, 0.6) is 0 Å². The van der Waals surface area contributed by atoms with E-state index in [-0.39, 0.29) is 5.37 Å². The van der Waals surface area contributed by atoms with Crippen molar-refractivity contribution < 1.29 is 8.42 Å². The van der Waals surface area contributed by atoms with Crippen LogP contribution in [0.25, 0.3) is 0 Å². The van der Waals surface area contributed by atoms with Gasteiger partial charge in [-0.3, -0.25) is 0 Å². The molecule has 3 nitrogen and oxygen atoms in total. The normalized spacial score (nSPS) is 19.5. The molecule has 1 atom stereocenters. The number of hydrogen-bond acceptors (Lipinski definition) is 3. The molecule has 7 heteroatoms. The summed E-state index contributed by atoms with van der Waals surface area (Å²) in [6, 6.07) is 14.1. The number of benzene rings is 2.